The Morgan fingerprint density at radius 1 is 1.18 bits per heavy atom. The number of piperazine rings is 1. The largest absolute Gasteiger partial charge is 0.369 e. The number of hydrogen-bond donors (Lipinski definition) is 2. The van der Waals surface area contributed by atoms with Gasteiger partial charge in [0.25, 0.3) is 0 Å². The number of nitrogens with one attached hydrogen (secondary N) is 2. The Hall–Kier alpha value is -1.92. The molecule has 2 fully saturated rings. The highest BCUT2D eigenvalue weighted by Crippen LogP contribution is 2.25. The first-order chi connectivity index (χ1) is 13.7. The Morgan fingerprint density at radius 2 is 1.86 bits per heavy atom. The van der Waals surface area contributed by atoms with E-state index in [1.165, 1.54) is 38.2 Å². The fourth-order valence-electron chi connectivity index (χ4n) is 4.39. The second-order valence-electron chi connectivity index (χ2n) is 7.98. The van der Waals surface area contributed by atoms with Crippen molar-refractivity contribution in [1.82, 2.24) is 15.5 Å². The molecule has 0 saturated carbocycles. The van der Waals surface area contributed by atoms with Gasteiger partial charge in [-0.1, -0.05) is 12.1 Å². The van der Waals surface area contributed by atoms with Gasteiger partial charge in [-0.25, -0.2) is 0 Å². The number of carbonyl (C=O) groups is 2. The van der Waals surface area contributed by atoms with E-state index in [9.17, 15) is 9.59 Å². The molecule has 6 heteroatoms. The number of nitrogens with zero attached hydrogens (tertiary/aromatic N) is 2. The zero-order chi connectivity index (χ0) is 19.8. The van der Waals surface area contributed by atoms with Gasteiger partial charge >= 0.3 is 0 Å². The summed E-state index contributed by atoms with van der Waals surface area (Å²) in [5, 5.41) is 6.16. The maximum absolute atomic E-state index is 12.2. The minimum Gasteiger partial charge on any atom is -0.369 e. The van der Waals surface area contributed by atoms with Crippen molar-refractivity contribution in [1.29, 1.82) is 0 Å². The number of piperidine rings is 1. The van der Waals surface area contributed by atoms with Gasteiger partial charge in [-0.2, -0.15) is 0 Å². The Labute approximate surface area is 168 Å². The van der Waals surface area contributed by atoms with Gasteiger partial charge < -0.3 is 20.3 Å². The van der Waals surface area contributed by atoms with E-state index in [4.69, 9.17) is 0 Å². The van der Waals surface area contributed by atoms with Crippen molar-refractivity contribution in [3.8, 4) is 0 Å². The van der Waals surface area contributed by atoms with Crippen LogP contribution in [0.1, 0.15) is 37.2 Å². The highest BCUT2D eigenvalue weighted by atomic mass is 16.1. The summed E-state index contributed by atoms with van der Waals surface area (Å²) in [5.41, 5.74) is 2.20. The molecule has 2 heterocycles. The van der Waals surface area contributed by atoms with Crippen LogP contribution in [0.4, 0.5) is 5.69 Å². The molecule has 1 atom stereocenters. The molecule has 1 unspecified atom stereocenters. The Kier molecular flexibility index (Phi) is 7.86. The van der Waals surface area contributed by atoms with Crippen molar-refractivity contribution in [2.45, 2.75) is 31.6 Å². The van der Waals surface area contributed by atoms with Crippen molar-refractivity contribution in [2.75, 3.05) is 57.8 Å². The Morgan fingerprint density at radius 3 is 2.46 bits per heavy atom. The molecule has 3 rings (SSSR count). The average Bonchev–Trinajstić information content (AvgIpc) is 2.75. The van der Waals surface area contributed by atoms with Gasteiger partial charge in [0, 0.05) is 51.9 Å². The Bertz CT molecular complexity index is 620. The van der Waals surface area contributed by atoms with Crippen molar-refractivity contribution >= 4 is 17.9 Å². The molecule has 1 aromatic carbocycles. The van der Waals surface area contributed by atoms with Crippen LogP contribution in [0.3, 0.4) is 0 Å². The van der Waals surface area contributed by atoms with Crippen molar-refractivity contribution in [2.24, 2.45) is 5.92 Å². The molecule has 1 aromatic rings. The molecule has 0 spiro atoms. The lowest BCUT2D eigenvalue weighted by atomic mass is 9.93. The summed E-state index contributed by atoms with van der Waals surface area (Å²) >= 11 is 0. The topological polar surface area (TPSA) is 64.7 Å². The van der Waals surface area contributed by atoms with Gasteiger partial charge in [0.15, 0.2) is 0 Å². The van der Waals surface area contributed by atoms with Crippen LogP contribution in [0.15, 0.2) is 24.3 Å². The number of amides is 1. The lowest BCUT2D eigenvalue weighted by molar-refractivity contribution is -0.122. The van der Waals surface area contributed by atoms with Crippen LogP contribution in [0, 0.1) is 5.92 Å². The third-order valence-electron chi connectivity index (χ3n) is 6.14. The lowest BCUT2D eigenvalue weighted by Gasteiger charge is -2.38. The maximum atomic E-state index is 12.2. The fourth-order valence-corrected chi connectivity index (χ4v) is 4.39. The van der Waals surface area contributed by atoms with Crippen LogP contribution in [0.2, 0.25) is 0 Å². The molecule has 6 nitrogen and oxygen atoms in total. The molecule has 2 aliphatic rings. The molecule has 0 aromatic heterocycles. The molecule has 154 valence electrons. The van der Waals surface area contributed by atoms with Gasteiger partial charge in [-0.15, -0.1) is 0 Å². The van der Waals surface area contributed by atoms with E-state index < -0.39 is 0 Å². The zero-order valence-electron chi connectivity index (χ0n) is 17.0. The summed E-state index contributed by atoms with van der Waals surface area (Å²) in [6, 6.07) is 8.33. The predicted molar refractivity (Wildman–Crippen MR) is 113 cm³/mol. The number of hydrogen-bond acceptors (Lipinski definition) is 5. The second kappa shape index (κ2) is 10.6. The quantitative estimate of drug-likeness (QED) is 0.665. The van der Waals surface area contributed by atoms with Gasteiger partial charge in [-0.05, 0) is 56.0 Å². The second-order valence-corrected chi connectivity index (χ2v) is 7.98. The molecule has 0 radical (unpaired) electrons. The minimum absolute atomic E-state index is 0.0267. The van der Waals surface area contributed by atoms with Crippen LogP contribution < -0.4 is 15.5 Å². The highest BCUT2D eigenvalue weighted by Gasteiger charge is 2.23. The lowest BCUT2D eigenvalue weighted by Crippen LogP contribution is -2.48. The van der Waals surface area contributed by atoms with Crippen LogP contribution in [0.5, 0.6) is 0 Å². The molecule has 2 N–H and O–H groups in total. The van der Waals surface area contributed by atoms with E-state index in [0.29, 0.717) is 12.8 Å². The smallest absolute Gasteiger partial charge is 0.227 e. The first-order valence-corrected chi connectivity index (χ1v) is 10.6. The first-order valence-electron chi connectivity index (χ1n) is 10.6. The van der Waals surface area contributed by atoms with E-state index in [0.717, 1.165) is 43.9 Å². The van der Waals surface area contributed by atoms with E-state index in [-0.39, 0.29) is 11.8 Å². The van der Waals surface area contributed by atoms with Crippen molar-refractivity contribution in [3.63, 3.8) is 0 Å². The van der Waals surface area contributed by atoms with Gasteiger partial charge in [0.05, 0.1) is 5.92 Å². The molecule has 28 heavy (non-hydrogen) atoms. The monoisotopic (exact) mass is 386 g/mol. The summed E-state index contributed by atoms with van der Waals surface area (Å²) in [7, 11) is 1.65. The number of aldehydes is 1. The standard InChI is InChI=1S/C22H34N4O2/c1-23-22(28)21(3-2-16-27)19-4-6-20(7-5-19)26-14-12-25(13-15-26)17-18-8-10-24-11-9-18/h4-7,16,18,21,24H,2-3,8-15,17H2,1H3,(H,23,28). The van der Waals surface area contributed by atoms with E-state index in [1.54, 1.807) is 7.05 Å². The van der Waals surface area contributed by atoms with Crippen molar-refractivity contribution < 1.29 is 9.59 Å². The number of benzene rings is 1. The van der Waals surface area contributed by atoms with Gasteiger partial charge in [-0.3, -0.25) is 9.69 Å². The zero-order valence-corrected chi connectivity index (χ0v) is 17.0. The third kappa shape index (κ3) is 5.55. The van der Waals surface area contributed by atoms with Crippen LogP contribution in [0.25, 0.3) is 0 Å². The number of likely N-dealkylation sites (N-methyl/N-ethyl adjacent to an activating group) is 1. The molecule has 0 bridgehead atoms. The third-order valence-corrected chi connectivity index (χ3v) is 6.14. The summed E-state index contributed by atoms with van der Waals surface area (Å²) in [5.74, 6) is 0.562. The summed E-state index contributed by atoms with van der Waals surface area (Å²) in [6.07, 6.45) is 4.45. The minimum atomic E-state index is -0.258. The van der Waals surface area contributed by atoms with Gasteiger partial charge in [0.2, 0.25) is 5.91 Å². The normalized spacial score (nSPS) is 20.0. The van der Waals surface area contributed by atoms with Crippen molar-refractivity contribution in [3.05, 3.63) is 29.8 Å². The Balaban J connectivity index is 1.53. The summed E-state index contributed by atoms with van der Waals surface area (Å²) < 4.78 is 0. The highest BCUT2D eigenvalue weighted by molar-refractivity contribution is 5.83. The van der Waals surface area contributed by atoms with E-state index >= 15 is 0 Å². The van der Waals surface area contributed by atoms with E-state index in [1.807, 2.05) is 12.1 Å². The van der Waals surface area contributed by atoms with Crippen LogP contribution in [-0.2, 0) is 9.59 Å². The van der Waals surface area contributed by atoms with Crippen LogP contribution >= 0.6 is 0 Å². The number of rotatable bonds is 8. The predicted octanol–water partition coefficient (Wildman–Crippen LogP) is 1.62. The molecule has 1 amide bonds. The molecular weight excluding hydrogens is 352 g/mol. The summed E-state index contributed by atoms with van der Waals surface area (Å²) in [4.78, 5) is 27.9. The van der Waals surface area contributed by atoms with Gasteiger partial charge in [0.1, 0.15) is 6.29 Å². The molecular formula is C22H34N4O2. The molecule has 0 aliphatic carbocycles. The molecule has 2 saturated heterocycles. The average molecular weight is 387 g/mol. The summed E-state index contributed by atoms with van der Waals surface area (Å²) in [6.45, 7) is 7.90. The number of anilines is 1. The maximum Gasteiger partial charge on any atom is 0.227 e. The number of carbonyl (C=O) groups excluding carboxylic acids is 2. The van der Waals surface area contributed by atoms with Crippen LogP contribution in [-0.4, -0.2) is 70.0 Å². The van der Waals surface area contributed by atoms with E-state index in [2.05, 4.69) is 32.6 Å². The molecule has 2 aliphatic heterocycles. The first kappa shape index (κ1) is 20.8. The SMILES string of the molecule is CNC(=O)C(CCC=O)c1ccc(N2CCN(CC3CCNCC3)CC2)cc1. The fraction of sp³-hybridized carbons (Fsp3) is 0.636.